The Labute approximate surface area is 83.4 Å². The highest BCUT2D eigenvalue weighted by Crippen LogP contribution is 1.97. The van der Waals surface area contributed by atoms with Crippen LogP contribution in [0.15, 0.2) is 17.2 Å². The summed E-state index contributed by atoms with van der Waals surface area (Å²) in [5.74, 6) is 0.491. The number of rotatable bonds is 4. The highest BCUT2D eigenvalue weighted by Gasteiger charge is 2.06. The van der Waals surface area contributed by atoms with E-state index in [-0.39, 0.29) is 5.56 Å². The topological polar surface area (TPSA) is 50.2 Å². The van der Waals surface area contributed by atoms with Gasteiger partial charge in [-0.15, -0.1) is 0 Å². The Balaban J connectivity index is 2.84. The third-order valence-electron chi connectivity index (χ3n) is 2.06. The van der Waals surface area contributed by atoms with Gasteiger partial charge in [-0.3, -0.25) is 4.79 Å². The Morgan fingerprint density at radius 2 is 2.36 bits per heavy atom. The van der Waals surface area contributed by atoms with E-state index < -0.39 is 0 Å². The van der Waals surface area contributed by atoms with E-state index >= 15 is 0 Å². The van der Waals surface area contributed by atoms with Crippen molar-refractivity contribution in [2.24, 2.45) is 7.05 Å². The lowest BCUT2D eigenvalue weighted by atomic mass is 10.5. The van der Waals surface area contributed by atoms with Crippen LogP contribution in [-0.4, -0.2) is 36.7 Å². The van der Waals surface area contributed by atoms with Crippen molar-refractivity contribution in [1.82, 2.24) is 14.9 Å². The maximum Gasteiger partial charge on any atom is 0.293 e. The fraction of sp³-hybridized carbons (Fsp3) is 0.556. The van der Waals surface area contributed by atoms with E-state index in [1.165, 1.54) is 4.57 Å². The summed E-state index contributed by atoms with van der Waals surface area (Å²) in [5, 5.41) is 3.02. The lowest BCUT2D eigenvalue weighted by molar-refractivity contribution is 0.744. The fourth-order valence-corrected chi connectivity index (χ4v) is 1.13. The average Bonchev–Trinajstić information content (AvgIpc) is 2.18. The van der Waals surface area contributed by atoms with Gasteiger partial charge in [0.2, 0.25) is 0 Å². The van der Waals surface area contributed by atoms with E-state index in [2.05, 4.69) is 10.3 Å². The Hall–Kier alpha value is -1.36. The summed E-state index contributed by atoms with van der Waals surface area (Å²) >= 11 is 0. The molecule has 1 heterocycles. The molecule has 0 aromatic carbocycles. The molecule has 0 radical (unpaired) electrons. The number of likely N-dealkylation sites (N-methyl/N-ethyl adjacent to an activating group) is 2. The third kappa shape index (κ3) is 2.32. The molecule has 78 valence electrons. The molecule has 5 heteroatoms. The molecule has 0 spiro atoms. The predicted octanol–water partition coefficient (Wildman–Crippen LogP) is -0.564. The van der Waals surface area contributed by atoms with Crippen LogP contribution in [0, 0.1) is 0 Å². The Morgan fingerprint density at radius 3 is 3.00 bits per heavy atom. The maximum absolute atomic E-state index is 11.6. The fourth-order valence-electron chi connectivity index (χ4n) is 1.13. The predicted molar refractivity (Wildman–Crippen MR) is 56.7 cm³/mol. The van der Waals surface area contributed by atoms with Gasteiger partial charge in [0.05, 0.1) is 0 Å². The number of hydrogen-bond donors (Lipinski definition) is 1. The molecule has 0 saturated heterocycles. The van der Waals surface area contributed by atoms with Crippen molar-refractivity contribution in [1.29, 1.82) is 0 Å². The summed E-state index contributed by atoms with van der Waals surface area (Å²) in [6.45, 7) is 1.60. The summed E-state index contributed by atoms with van der Waals surface area (Å²) < 4.78 is 1.53. The highest BCUT2D eigenvalue weighted by atomic mass is 16.1. The van der Waals surface area contributed by atoms with Crippen LogP contribution in [0.1, 0.15) is 0 Å². The van der Waals surface area contributed by atoms with Crippen molar-refractivity contribution in [3.63, 3.8) is 0 Å². The molecule has 0 saturated carbocycles. The van der Waals surface area contributed by atoms with Gasteiger partial charge in [0.1, 0.15) is 0 Å². The molecule has 0 atom stereocenters. The second-order valence-electron chi connectivity index (χ2n) is 3.19. The minimum absolute atomic E-state index is 0.0638. The van der Waals surface area contributed by atoms with E-state index in [9.17, 15) is 4.79 Å². The molecular weight excluding hydrogens is 180 g/mol. The van der Waals surface area contributed by atoms with Gasteiger partial charge in [-0.25, -0.2) is 4.98 Å². The molecular formula is C9H16N4O. The van der Waals surface area contributed by atoms with Crippen molar-refractivity contribution in [3.05, 3.63) is 22.7 Å². The molecule has 0 bridgehead atoms. The van der Waals surface area contributed by atoms with Crippen LogP contribution in [0.3, 0.4) is 0 Å². The van der Waals surface area contributed by atoms with Crippen LogP contribution in [0.25, 0.3) is 0 Å². The SMILES string of the molecule is CNCCN(C)c1nccn(C)c1=O. The summed E-state index contributed by atoms with van der Waals surface area (Å²) in [6.07, 6.45) is 3.28. The van der Waals surface area contributed by atoms with Crippen LogP contribution in [0.4, 0.5) is 5.82 Å². The molecule has 1 N–H and O–H groups in total. The maximum atomic E-state index is 11.6. The quantitative estimate of drug-likeness (QED) is 0.701. The number of aryl methyl sites for hydroxylation is 1. The molecule has 1 aromatic rings. The van der Waals surface area contributed by atoms with Gasteiger partial charge in [0, 0.05) is 39.6 Å². The summed E-state index contributed by atoms with van der Waals surface area (Å²) in [6, 6.07) is 0. The zero-order valence-corrected chi connectivity index (χ0v) is 8.82. The first-order chi connectivity index (χ1) is 6.66. The number of anilines is 1. The van der Waals surface area contributed by atoms with Crippen molar-refractivity contribution in [2.45, 2.75) is 0 Å². The largest absolute Gasteiger partial charge is 0.354 e. The van der Waals surface area contributed by atoms with Gasteiger partial charge in [-0.1, -0.05) is 0 Å². The molecule has 0 aliphatic carbocycles. The Bertz CT molecular complexity index is 347. The minimum Gasteiger partial charge on any atom is -0.354 e. The van der Waals surface area contributed by atoms with Crippen LogP contribution in [0.2, 0.25) is 0 Å². The van der Waals surface area contributed by atoms with E-state index in [1.54, 1.807) is 19.4 Å². The van der Waals surface area contributed by atoms with E-state index in [1.807, 2.05) is 19.0 Å². The molecule has 0 unspecified atom stereocenters. The van der Waals surface area contributed by atoms with Crippen LogP contribution < -0.4 is 15.8 Å². The molecule has 14 heavy (non-hydrogen) atoms. The third-order valence-corrected chi connectivity index (χ3v) is 2.06. The van der Waals surface area contributed by atoms with Crippen LogP contribution in [-0.2, 0) is 7.05 Å². The molecule has 5 nitrogen and oxygen atoms in total. The van der Waals surface area contributed by atoms with E-state index in [4.69, 9.17) is 0 Å². The zero-order chi connectivity index (χ0) is 10.6. The lowest BCUT2D eigenvalue weighted by Crippen LogP contribution is -2.33. The smallest absolute Gasteiger partial charge is 0.293 e. The Morgan fingerprint density at radius 1 is 1.64 bits per heavy atom. The van der Waals surface area contributed by atoms with Gasteiger partial charge >= 0.3 is 0 Å². The second kappa shape index (κ2) is 4.76. The van der Waals surface area contributed by atoms with Crippen molar-refractivity contribution >= 4 is 5.82 Å². The first-order valence-corrected chi connectivity index (χ1v) is 4.54. The number of nitrogens with zero attached hydrogens (tertiary/aromatic N) is 3. The first-order valence-electron chi connectivity index (χ1n) is 4.54. The van der Waals surface area contributed by atoms with Crippen molar-refractivity contribution < 1.29 is 0 Å². The molecule has 0 aliphatic heterocycles. The van der Waals surface area contributed by atoms with Gasteiger partial charge in [-0.2, -0.15) is 0 Å². The minimum atomic E-state index is -0.0638. The summed E-state index contributed by atoms with van der Waals surface area (Å²) in [5.41, 5.74) is -0.0638. The zero-order valence-electron chi connectivity index (χ0n) is 8.82. The second-order valence-corrected chi connectivity index (χ2v) is 3.19. The van der Waals surface area contributed by atoms with Crippen molar-refractivity contribution in [2.75, 3.05) is 32.1 Å². The van der Waals surface area contributed by atoms with E-state index in [0.717, 1.165) is 13.1 Å². The van der Waals surface area contributed by atoms with E-state index in [0.29, 0.717) is 5.82 Å². The monoisotopic (exact) mass is 196 g/mol. The highest BCUT2D eigenvalue weighted by molar-refractivity contribution is 5.33. The summed E-state index contributed by atoms with van der Waals surface area (Å²) in [4.78, 5) is 17.5. The number of hydrogen-bond acceptors (Lipinski definition) is 4. The molecule has 1 aromatic heterocycles. The molecule has 0 aliphatic rings. The molecule has 1 rings (SSSR count). The standard InChI is InChI=1S/C9H16N4O/c1-10-4-6-12(2)8-9(14)13(3)7-5-11-8/h5,7,10H,4,6H2,1-3H3. The average molecular weight is 196 g/mol. The van der Waals surface area contributed by atoms with Crippen LogP contribution in [0.5, 0.6) is 0 Å². The Kier molecular flexibility index (Phi) is 3.64. The van der Waals surface area contributed by atoms with Gasteiger partial charge in [-0.05, 0) is 7.05 Å². The van der Waals surface area contributed by atoms with Gasteiger partial charge in [0.15, 0.2) is 5.82 Å². The molecule has 0 fully saturated rings. The van der Waals surface area contributed by atoms with Gasteiger partial charge < -0.3 is 14.8 Å². The first kappa shape index (κ1) is 10.7. The van der Waals surface area contributed by atoms with Crippen LogP contribution >= 0.6 is 0 Å². The molecule has 0 amide bonds. The number of nitrogens with one attached hydrogen (secondary N) is 1. The number of aromatic nitrogens is 2. The summed E-state index contributed by atoms with van der Waals surface area (Å²) in [7, 11) is 5.46. The normalized spacial score (nSPS) is 10.2. The van der Waals surface area contributed by atoms with Gasteiger partial charge in [0.25, 0.3) is 5.56 Å². The van der Waals surface area contributed by atoms with Crippen molar-refractivity contribution in [3.8, 4) is 0 Å². The lowest BCUT2D eigenvalue weighted by Gasteiger charge is -2.17.